The van der Waals surface area contributed by atoms with E-state index in [0.29, 0.717) is 42.1 Å². The van der Waals surface area contributed by atoms with Crippen LogP contribution in [0.1, 0.15) is 0 Å². The Bertz CT molecular complexity index is 894. The largest absolute Gasteiger partial charge is 0.497 e. The highest BCUT2D eigenvalue weighted by atomic mass is 35.5. The van der Waals surface area contributed by atoms with Crippen LogP contribution < -0.4 is 10.1 Å². The normalized spacial score (nSPS) is 15.4. The Morgan fingerprint density at radius 1 is 1.04 bits per heavy atom. The van der Waals surface area contributed by atoms with E-state index in [1.165, 1.54) is 4.31 Å². The molecule has 3 rings (SSSR count). The quantitative estimate of drug-likeness (QED) is 0.759. The molecule has 0 aromatic heterocycles. The van der Waals surface area contributed by atoms with Gasteiger partial charge in [-0.05, 0) is 60.7 Å². The van der Waals surface area contributed by atoms with Crippen molar-refractivity contribution in [2.24, 2.45) is 0 Å². The minimum Gasteiger partial charge on any atom is -0.497 e. The number of piperazine rings is 1. The van der Waals surface area contributed by atoms with Gasteiger partial charge in [-0.2, -0.15) is 4.31 Å². The number of methoxy groups -OCH3 is 1. The van der Waals surface area contributed by atoms with E-state index in [1.54, 1.807) is 43.5 Å². The summed E-state index contributed by atoms with van der Waals surface area (Å²) in [5.41, 5.74) is 0.845. The molecular formula is C18H20ClN3O3S2. The van der Waals surface area contributed by atoms with Crippen LogP contribution >= 0.6 is 23.8 Å². The molecule has 2 aromatic rings. The van der Waals surface area contributed by atoms with Crippen molar-refractivity contribution in [1.29, 1.82) is 0 Å². The summed E-state index contributed by atoms with van der Waals surface area (Å²) in [7, 11) is -1.98. The van der Waals surface area contributed by atoms with Crippen molar-refractivity contribution in [2.45, 2.75) is 4.90 Å². The summed E-state index contributed by atoms with van der Waals surface area (Å²) in [5, 5.41) is 4.38. The molecule has 2 aromatic carbocycles. The standard InChI is InChI=1S/C18H20ClN3O3S2/c1-25-16-6-8-17(9-7-16)27(23,24)22-12-10-21(11-13-22)18(26)20-15-4-2-14(19)3-5-15/h2-9H,10-13H2,1H3,(H,20,26). The Morgan fingerprint density at radius 2 is 1.63 bits per heavy atom. The van der Waals surface area contributed by atoms with E-state index in [0.717, 1.165) is 5.69 Å². The van der Waals surface area contributed by atoms with Crippen molar-refractivity contribution in [3.05, 3.63) is 53.6 Å². The minimum atomic E-state index is -3.53. The fourth-order valence-corrected chi connectivity index (χ4v) is 4.61. The maximum Gasteiger partial charge on any atom is 0.243 e. The second-order valence-corrected chi connectivity index (χ2v) is 8.76. The van der Waals surface area contributed by atoms with Crippen molar-refractivity contribution in [1.82, 2.24) is 9.21 Å². The van der Waals surface area contributed by atoms with Crippen LogP contribution in [0.3, 0.4) is 0 Å². The predicted octanol–water partition coefficient (Wildman–Crippen LogP) is 3.05. The maximum absolute atomic E-state index is 12.8. The average Bonchev–Trinajstić information content (AvgIpc) is 2.70. The first kappa shape index (κ1) is 19.9. The number of sulfonamides is 1. The molecule has 9 heteroatoms. The summed E-state index contributed by atoms with van der Waals surface area (Å²) in [4.78, 5) is 2.22. The van der Waals surface area contributed by atoms with Crippen LogP contribution in [-0.2, 0) is 10.0 Å². The number of hydrogen-bond acceptors (Lipinski definition) is 4. The van der Waals surface area contributed by atoms with Crippen LogP contribution in [0, 0.1) is 0 Å². The van der Waals surface area contributed by atoms with Crippen LogP contribution in [0.2, 0.25) is 5.02 Å². The molecule has 0 radical (unpaired) electrons. The Hall–Kier alpha value is -1.87. The van der Waals surface area contributed by atoms with Crippen molar-refractivity contribution in [2.75, 3.05) is 38.6 Å². The molecule has 0 atom stereocenters. The summed E-state index contributed by atoms with van der Waals surface area (Å²) in [6.07, 6.45) is 0. The number of ether oxygens (including phenoxy) is 1. The van der Waals surface area contributed by atoms with Gasteiger partial charge in [0.15, 0.2) is 5.11 Å². The van der Waals surface area contributed by atoms with E-state index in [4.69, 9.17) is 28.6 Å². The highest BCUT2D eigenvalue weighted by Crippen LogP contribution is 2.21. The lowest BCUT2D eigenvalue weighted by molar-refractivity contribution is 0.268. The highest BCUT2D eigenvalue weighted by molar-refractivity contribution is 7.89. The molecular weight excluding hydrogens is 406 g/mol. The van der Waals surface area contributed by atoms with E-state index >= 15 is 0 Å². The number of thiocarbonyl (C=S) groups is 1. The Balaban J connectivity index is 1.60. The smallest absolute Gasteiger partial charge is 0.243 e. The minimum absolute atomic E-state index is 0.263. The predicted molar refractivity (Wildman–Crippen MR) is 111 cm³/mol. The van der Waals surface area contributed by atoms with Gasteiger partial charge in [0.05, 0.1) is 12.0 Å². The van der Waals surface area contributed by atoms with Gasteiger partial charge in [-0.1, -0.05) is 11.6 Å². The van der Waals surface area contributed by atoms with Crippen LogP contribution in [0.5, 0.6) is 5.75 Å². The molecule has 0 spiro atoms. The van der Waals surface area contributed by atoms with Gasteiger partial charge in [0.25, 0.3) is 0 Å². The summed E-state index contributed by atoms with van der Waals surface area (Å²) >= 11 is 11.3. The second kappa shape index (κ2) is 8.43. The van der Waals surface area contributed by atoms with Crippen molar-refractivity contribution < 1.29 is 13.2 Å². The lowest BCUT2D eigenvalue weighted by Gasteiger charge is -2.35. The van der Waals surface area contributed by atoms with Gasteiger partial charge in [0, 0.05) is 36.9 Å². The molecule has 1 aliphatic rings. The number of benzene rings is 2. The molecule has 6 nitrogen and oxygen atoms in total. The number of rotatable bonds is 4. The molecule has 0 aliphatic carbocycles. The van der Waals surface area contributed by atoms with Crippen LogP contribution in [0.4, 0.5) is 5.69 Å². The van der Waals surface area contributed by atoms with Gasteiger partial charge in [-0.25, -0.2) is 8.42 Å². The molecule has 0 amide bonds. The summed E-state index contributed by atoms with van der Waals surface area (Å²) in [5.74, 6) is 0.623. The molecule has 0 saturated carbocycles. The number of nitrogens with one attached hydrogen (secondary N) is 1. The van der Waals surface area contributed by atoms with Gasteiger partial charge < -0.3 is 15.0 Å². The number of anilines is 1. The first-order valence-electron chi connectivity index (χ1n) is 8.36. The SMILES string of the molecule is COc1ccc(S(=O)(=O)N2CCN(C(=S)Nc3ccc(Cl)cc3)CC2)cc1. The van der Waals surface area contributed by atoms with Crippen molar-refractivity contribution in [3.63, 3.8) is 0 Å². The van der Waals surface area contributed by atoms with Crippen molar-refractivity contribution in [3.8, 4) is 5.75 Å². The molecule has 0 bridgehead atoms. The maximum atomic E-state index is 12.8. The summed E-state index contributed by atoms with van der Waals surface area (Å²) in [6.45, 7) is 1.79. The van der Waals surface area contributed by atoms with Crippen LogP contribution in [-0.4, -0.2) is 56.0 Å². The zero-order valence-corrected chi connectivity index (χ0v) is 17.1. The van der Waals surface area contributed by atoms with Gasteiger partial charge in [-0.3, -0.25) is 0 Å². The van der Waals surface area contributed by atoms with Crippen molar-refractivity contribution >= 4 is 44.6 Å². The average molecular weight is 426 g/mol. The van der Waals surface area contributed by atoms with Gasteiger partial charge in [0.1, 0.15) is 5.75 Å². The first-order chi connectivity index (χ1) is 12.9. The molecule has 27 heavy (non-hydrogen) atoms. The molecule has 1 N–H and O–H groups in total. The van der Waals surface area contributed by atoms with Crippen LogP contribution in [0.25, 0.3) is 0 Å². The zero-order chi connectivity index (χ0) is 19.4. The van der Waals surface area contributed by atoms with E-state index < -0.39 is 10.0 Å². The van der Waals surface area contributed by atoms with E-state index in [1.807, 2.05) is 17.0 Å². The lowest BCUT2D eigenvalue weighted by Crippen LogP contribution is -2.51. The third-order valence-electron chi connectivity index (χ3n) is 4.32. The van der Waals surface area contributed by atoms with Gasteiger partial charge in [0.2, 0.25) is 10.0 Å². The fourth-order valence-electron chi connectivity index (χ4n) is 2.76. The van der Waals surface area contributed by atoms with Gasteiger partial charge in [-0.15, -0.1) is 0 Å². The second-order valence-electron chi connectivity index (χ2n) is 6.00. The molecule has 0 unspecified atom stereocenters. The first-order valence-corrected chi connectivity index (χ1v) is 10.6. The van der Waals surface area contributed by atoms with Gasteiger partial charge >= 0.3 is 0 Å². The Morgan fingerprint density at radius 3 is 2.19 bits per heavy atom. The topological polar surface area (TPSA) is 61.9 Å². The Kier molecular flexibility index (Phi) is 6.21. The summed E-state index contributed by atoms with van der Waals surface area (Å²) in [6, 6.07) is 13.7. The van der Waals surface area contributed by atoms with E-state index in [-0.39, 0.29) is 4.90 Å². The fraction of sp³-hybridized carbons (Fsp3) is 0.278. The third-order valence-corrected chi connectivity index (χ3v) is 6.84. The molecule has 1 fully saturated rings. The van der Waals surface area contributed by atoms with E-state index in [9.17, 15) is 8.42 Å². The molecule has 1 aliphatic heterocycles. The Labute approximate surface area is 169 Å². The molecule has 1 saturated heterocycles. The number of nitrogens with zero attached hydrogens (tertiary/aromatic N) is 2. The molecule has 144 valence electrons. The van der Waals surface area contributed by atoms with E-state index in [2.05, 4.69) is 5.32 Å². The number of halogens is 1. The molecule has 1 heterocycles. The third kappa shape index (κ3) is 4.70. The zero-order valence-electron chi connectivity index (χ0n) is 14.8. The lowest BCUT2D eigenvalue weighted by atomic mass is 10.3. The van der Waals surface area contributed by atoms with Crippen LogP contribution in [0.15, 0.2) is 53.4 Å². The number of hydrogen-bond donors (Lipinski definition) is 1. The highest BCUT2D eigenvalue weighted by Gasteiger charge is 2.29. The summed E-state index contributed by atoms with van der Waals surface area (Å²) < 4.78 is 32.1. The monoisotopic (exact) mass is 425 g/mol.